The predicted octanol–water partition coefficient (Wildman–Crippen LogP) is 1.67. The molecule has 3 rings (SSSR count). The first-order chi connectivity index (χ1) is 7.83. The zero-order valence-electron chi connectivity index (χ0n) is 9.78. The van der Waals surface area contributed by atoms with E-state index < -0.39 is 0 Å². The van der Waals surface area contributed by atoms with Crippen molar-refractivity contribution < 1.29 is 0 Å². The third kappa shape index (κ3) is 2.01. The summed E-state index contributed by atoms with van der Waals surface area (Å²) >= 11 is 1.85. The lowest BCUT2D eigenvalue weighted by molar-refractivity contribution is 0.311. The fourth-order valence-corrected chi connectivity index (χ4v) is 3.55. The Bertz CT molecular complexity index is 359. The van der Waals surface area contributed by atoms with Gasteiger partial charge in [-0.2, -0.15) is 0 Å². The summed E-state index contributed by atoms with van der Waals surface area (Å²) in [5.74, 6) is 0.834. The molecule has 88 valence electrons. The van der Waals surface area contributed by atoms with Crippen LogP contribution in [0.15, 0.2) is 5.38 Å². The first kappa shape index (κ1) is 10.7. The summed E-state index contributed by atoms with van der Waals surface area (Å²) in [6.45, 7) is 3.58. The first-order valence-corrected chi connectivity index (χ1v) is 7.06. The molecule has 0 spiro atoms. The molecule has 0 amide bonds. The van der Waals surface area contributed by atoms with Crippen LogP contribution in [0.2, 0.25) is 0 Å². The van der Waals surface area contributed by atoms with Crippen LogP contribution in [0.25, 0.3) is 0 Å². The molecule has 1 unspecified atom stereocenters. The molecule has 2 aliphatic heterocycles. The number of nitrogens with zero attached hydrogens (tertiary/aromatic N) is 2. The smallest absolute Gasteiger partial charge is 0.0932 e. The van der Waals surface area contributed by atoms with Gasteiger partial charge in [-0.25, -0.2) is 4.98 Å². The van der Waals surface area contributed by atoms with E-state index in [1.165, 1.54) is 49.6 Å². The van der Waals surface area contributed by atoms with E-state index in [-0.39, 0.29) is 0 Å². The second-order valence-corrected chi connectivity index (χ2v) is 5.98. The highest BCUT2D eigenvalue weighted by atomic mass is 32.1. The SMILES string of the molecule is CN1CCCC1c1csc(CC2CNC2)n1. The Morgan fingerprint density at radius 1 is 1.56 bits per heavy atom. The summed E-state index contributed by atoms with van der Waals surface area (Å²) in [5.41, 5.74) is 1.31. The highest BCUT2D eigenvalue weighted by Gasteiger charge is 2.25. The summed E-state index contributed by atoms with van der Waals surface area (Å²) in [4.78, 5) is 7.25. The summed E-state index contributed by atoms with van der Waals surface area (Å²) in [6, 6.07) is 0.588. The standard InChI is InChI=1S/C12H19N3S/c1-15-4-2-3-11(15)10-8-16-12(14-10)5-9-6-13-7-9/h8-9,11,13H,2-7H2,1H3. The van der Waals surface area contributed by atoms with Crippen molar-refractivity contribution in [2.45, 2.75) is 25.3 Å². The molecule has 1 N–H and O–H groups in total. The maximum absolute atomic E-state index is 4.81. The van der Waals surface area contributed by atoms with E-state index in [9.17, 15) is 0 Å². The van der Waals surface area contributed by atoms with Gasteiger partial charge in [0, 0.05) is 11.8 Å². The number of likely N-dealkylation sites (tertiary alicyclic amines) is 1. The molecule has 3 nitrogen and oxygen atoms in total. The molecule has 2 fully saturated rings. The predicted molar refractivity (Wildman–Crippen MR) is 66.8 cm³/mol. The Morgan fingerprint density at radius 2 is 2.44 bits per heavy atom. The van der Waals surface area contributed by atoms with Crippen molar-refractivity contribution in [1.82, 2.24) is 15.2 Å². The summed E-state index contributed by atoms with van der Waals surface area (Å²) in [6.07, 6.45) is 3.78. The molecule has 0 radical (unpaired) electrons. The van der Waals surface area contributed by atoms with Gasteiger partial charge < -0.3 is 5.32 Å². The lowest BCUT2D eigenvalue weighted by Gasteiger charge is -2.26. The maximum Gasteiger partial charge on any atom is 0.0932 e. The van der Waals surface area contributed by atoms with Crippen LogP contribution in [0.3, 0.4) is 0 Å². The summed E-state index contributed by atoms with van der Waals surface area (Å²) in [7, 11) is 2.21. The summed E-state index contributed by atoms with van der Waals surface area (Å²) in [5, 5.41) is 6.93. The fourth-order valence-electron chi connectivity index (χ4n) is 2.60. The normalized spacial score (nSPS) is 27.2. The van der Waals surface area contributed by atoms with Crippen molar-refractivity contribution in [2.24, 2.45) is 5.92 Å². The number of nitrogens with one attached hydrogen (secondary N) is 1. The van der Waals surface area contributed by atoms with Gasteiger partial charge >= 0.3 is 0 Å². The van der Waals surface area contributed by atoms with Crippen LogP contribution in [0.5, 0.6) is 0 Å². The Balaban J connectivity index is 1.66. The van der Waals surface area contributed by atoms with Gasteiger partial charge in [0.25, 0.3) is 0 Å². The number of hydrogen-bond acceptors (Lipinski definition) is 4. The minimum Gasteiger partial charge on any atom is -0.316 e. The molecule has 0 bridgehead atoms. The van der Waals surface area contributed by atoms with Gasteiger partial charge in [0.15, 0.2) is 0 Å². The quantitative estimate of drug-likeness (QED) is 0.867. The van der Waals surface area contributed by atoms with E-state index in [4.69, 9.17) is 4.98 Å². The van der Waals surface area contributed by atoms with Gasteiger partial charge in [-0.1, -0.05) is 0 Å². The molecule has 4 heteroatoms. The van der Waals surface area contributed by atoms with Crippen molar-refractivity contribution in [3.05, 3.63) is 16.1 Å². The van der Waals surface area contributed by atoms with E-state index in [2.05, 4.69) is 22.6 Å². The van der Waals surface area contributed by atoms with Gasteiger partial charge in [-0.15, -0.1) is 11.3 Å². The van der Waals surface area contributed by atoms with Gasteiger partial charge in [0.2, 0.25) is 0 Å². The van der Waals surface area contributed by atoms with Crippen molar-refractivity contribution >= 4 is 11.3 Å². The van der Waals surface area contributed by atoms with Gasteiger partial charge in [0.1, 0.15) is 0 Å². The van der Waals surface area contributed by atoms with Gasteiger partial charge in [-0.05, 0) is 45.4 Å². The second-order valence-electron chi connectivity index (χ2n) is 5.03. The lowest BCUT2D eigenvalue weighted by atomic mass is 10.0. The lowest BCUT2D eigenvalue weighted by Crippen LogP contribution is -2.43. The van der Waals surface area contributed by atoms with E-state index in [1.807, 2.05) is 11.3 Å². The molecule has 0 aliphatic carbocycles. The number of aromatic nitrogens is 1. The molecule has 1 aromatic rings. The van der Waals surface area contributed by atoms with Crippen LogP contribution < -0.4 is 5.32 Å². The van der Waals surface area contributed by atoms with E-state index >= 15 is 0 Å². The van der Waals surface area contributed by atoms with Crippen LogP contribution in [0.1, 0.15) is 29.6 Å². The molecule has 0 aromatic carbocycles. The van der Waals surface area contributed by atoms with Crippen molar-refractivity contribution in [1.29, 1.82) is 0 Å². The van der Waals surface area contributed by atoms with Crippen LogP contribution in [-0.4, -0.2) is 36.6 Å². The van der Waals surface area contributed by atoms with Crippen LogP contribution in [0, 0.1) is 5.92 Å². The van der Waals surface area contributed by atoms with E-state index in [1.54, 1.807) is 0 Å². The topological polar surface area (TPSA) is 28.2 Å². The number of hydrogen-bond donors (Lipinski definition) is 1. The average Bonchev–Trinajstić information content (AvgIpc) is 2.80. The molecule has 16 heavy (non-hydrogen) atoms. The minimum atomic E-state index is 0.588. The Kier molecular flexibility index (Phi) is 2.96. The Morgan fingerprint density at radius 3 is 3.06 bits per heavy atom. The summed E-state index contributed by atoms with van der Waals surface area (Å²) < 4.78 is 0. The van der Waals surface area contributed by atoms with Crippen LogP contribution in [-0.2, 0) is 6.42 Å². The molecule has 0 saturated carbocycles. The second kappa shape index (κ2) is 4.43. The highest BCUT2D eigenvalue weighted by Crippen LogP contribution is 2.31. The van der Waals surface area contributed by atoms with Crippen LogP contribution in [0.4, 0.5) is 0 Å². The molecular weight excluding hydrogens is 218 g/mol. The monoisotopic (exact) mass is 237 g/mol. The third-order valence-electron chi connectivity index (χ3n) is 3.76. The molecular formula is C12H19N3S. The van der Waals surface area contributed by atoms with Gasteiger partial charge in [-0.3, -0.25) is 4.90 Å². The molecule has 3 heterocycles. The van der Waals surface area contributed by atoms with Crippen molar-refractivity contribution in [3.63, 3.8) is 0 Å². The minimum absolute atomic E-state index is 0.588. The average molecular weight is 237 g/mol. The molecule has 1 atom stereocenters. The Labute approximate surface area is 101 Å². The van der Waals surface area contributed by atoms with Crippen molar-refractivity contribution in [2.75, 3.05) is 26.7 Å². The zero-order chi connectivity index (χ0) is 11.0. The maximum atomic E-state index is 4.81. The largest absolute Gasteiger partial charge is 0.316 e. The van der Waals surface area contributed by atoms with Crippen LogP contribution >= 0.6 is 11.3 Å². The first-order valence-electron chi connectivity index (χ1n) is 6.18. The Hall–Kier alpha value is -0.450. The highest BCUT2D eigenvalue weighted by molar-refractivity contribution is 7.09. The van der Waals surface area contributed by atoms with Crippen molar-refractivity contribution in [3.8, 4) is 0 Å². The number of rotatable bonds is 3. The fraction of sp³-hybridized carbons (Fsp3) is 0.750. The zero-order valence-corrected chi connectivity index (χ0v) is 10.6. The third-order valence-corrected chi connectivity index (χ3v) is 4.65. The van der Waals surface area contributed by atoms with E-state index in [0.717, 1.165) is 5.92 Å². The number of thiazole rings is 1. The molecule has 2 aliphatic rings. The van der Waals surface area contributed by atoms with E-state index in [0.29, 0.717) is 6.04 Å². The molecule has 1 aromatic heterocycles. The van der Waals surface area contributed by atoms with Gasteiger partial charge in [0.05, 0.1) is 16.7 Å². The molecule has 2 saturated heterocycles.